The van der Waals surface area contributed by atoms with Crippen molar-refractivity contribution in [2.45, 2.75) is 12.6 Å². The number of hydrogen-bond donors (Lipinski definition) is 0. The summed E-state index contributed by atoms with van der Waals surface area (Å²) >= 11 is 0. The summed E-state index contributed by atoms with van der Waals surface area (Å²) in [6.07, 6.45) is 1.08. The van der Waals surface area contributed by atoms with Crippen LogP contribution in [0.15, 0.2) is 34.9 Å². The van der Waals surface area contributed by atoms with Crippen LogP contribution in [-0.4, -0.2) is 37.7 Å². The smallest absolute Gasteiger partial charge is 0.374 e. The Balaban J connectivity index is 1.71. The first-order chi connectivity index (χ1) is 11.6. The van der Waals surface area contributed by atoms with E-state index in [9.17, 15) is 13.6 Å². The van der Waals surface area contributed by atoms with Gasteiger partial charge in [-0.2, -0.15) is 0 Å². The Morgan fingerprint density at radius 3 is 2.92 bits per heavy atom. The molecule has 0 amide bonds. The van der Waals surface area contributed by atoms with E-state index in [0.717, 1.165) is 12.1 Å². The first kappa shape index (κ1) is 16.6. The molecule has 0 radical (unpaired) electrons. The van der Waals surface area contributed by atoms with Gasteiger partial charge in [-0.3, -0.25) is 4.90 Å². The lowest BCUT2D eigenvalue weighted by atomic mass is 10.1. The summed E-state index contributed by atoms with van der Waals surface area (Å²) in [6.45, 7) is 2.09. The number of carbonyl (C=O) groups is 1. The van der Waals surface area contributed by atoms with E-state index >= 15 is 0 Å². The van der Waals surface area contributed by atoms with Crippen molar-refractivity contribution < 1.29 is 27.5 Å². The maximum absolute atomic E-state index is 13.4. The number of morpholine rings is 1. The number of nitrogens with zero attached hydrogens (tertiary/aromatic N) is 1. The van der Waals surface area contributed by atoms with Crippen molar-refractivity contribution in [2.75, 3.05) is 26.8 Å². The molecule has 3 rings (SSSR count). The number of esters is 1. The molecule has 0 spiro atoms. The van der Waals surface area contributed by atoms with Crippen molar-refractivity contribution in [1.29, 1.82) is 0 Å². The third-order valence-corrected chi connectivity index (χ3v) is 3.98. The van der Waals surface area contributed by atoms with Crippen molar-refractivity contribution in [3.05, 3.63) is 59.1 Å². The van der Waals surface area contributed by atoms with Crippen LogP contribution in [0.4, 0.5) is 8.78 Å². The molecule has 24 heavy (non-hydrogen) atoms. The number of methoxy groups -OCH3 is 1. The standard InChI is InChI=1S/C17H17F2NO4/c1-22-17(21)16-12(4-6-24-16)9-20-5-7-23-15(10-20)11-2-3-13(18)14(19)8-11/h2-4,6,8,15H,5,7,9-10H2,1H3/t15-/m0/s1. The van der Waals surface area contributed by atoms with Crippen LogP contribution >= 0.6 is 0 Å². The Morgan fingerprint density at radius 1 is 1.33 bits per heavy atom. The summed E-state index contributed by atoms with van der Waals surface area (Å²) in [7, 11) is 1.29. The van der Waals surface area contributed by atoms with Gasteiger partial charge in [0.1, 0.15) is 0 Å². The summed E-state index contributed by atoms with van der Waals surface area (Å²) in [6, 6.07) is 5.48. The lowest BCUT2D eigenvalue weighted by Crippen LogP contribution is -2.38. The summed E-state index contributed by atoms with van der Waals surface area (Å²) in [5, 5.41) is 0. The molecule has 1 atom stereocenters. The first-order valence-corrected chi connectivity index (χ1v) is 7.52. The van der Waals surface area contributed by atoms with E-state index < -0.39 is 17.6 Å². The minimum atomic E-state index is -0.893. The van der Waals surface area contributed by atoms with Crippen LogP contribution in [-0.2, 0) is 16.0 Å². The second kappa shape index (κ2) is 7.11. The SMILES string of the molecule is COC(=O)c1occc1CN1CCO[C@H](c2ccc(F)c(F)c2)C1. The van der Waals surface area contributed by atoms with Crippen LogP contribution in [0.3, 0.4) is 0 Å². The quantitative estimate of drug-likeness (QED) is 0.803. The Labute approximate surface area is 137 Å². The molecule has 128 valence electrons. The van der Waals surface area contributed by atoms with Gasteiger partial charge < -0.3 is 13.9 Å². The highest BCUT2D eigenvalue weighted by atomic mass is 19.2. The number of rotatable bonds is 4. The number of carbonyl (C=O) groups excluding carboxylic acids is 1. The maximum atomic E-state index is 13.4. The van der Waals surface area contributed by atoms with Crippen LogP contribution in [0.5, 0.6) is 0 Å². The molecule has 1 saturated heterocycles. The second-order valence-corrected chi connectivity index (χ2v) is 5.53. The fraction of sp³-hybridized carbons (Fsp3) is 0.353. The molecule has 0 bridgehead atoms. The largest absolute Gasteiger partial charge is 0.463 e. The predicted molar refractivity (Wildman–Crippen MR) is 80.4 cm³/mol. The van der Waals surface area contributed by atoms with Crippen molar-refractivity contribution in [2.24, 2.45) is 0 Å². The Kier molecular flexibility index (Phi) is 4.92. The number of furan rings is 1. The second-order valence-electron chi connectivity index (χ2n) is 5.53. The lowest BCUT2D eigenvalue weighted by Gasteiger charge is -2.33. The zero-order chi connectivity index (χ0) is 17.1. The van der Waals surface area contributed by atoms with E-state index in [0.29, 0.717) is 37.4 Å². The highest BCUT2D eigenvalue weighted by Crippen LogP contribution is 2.25. The molecule has 1 aliphatic rings. The fourth-order valence-electron chi connectivity index (χ4n) is 2.73. The summed E-state index contributed by atoms with van der Waals surface area (Å²) in [4.78, 5) is 13.7. The average Bonchev–Trinajstić information content (AvgIpc) is 3.05. The molecule has 1 fully saturated rings. The molecular formula is C17H17F2NO4. The van der Waals surface area contributed by atoms with Gasteiger partial charge in [-0.25, -0.2) is 13.6 Å². The monoisotopic (exact) mass is 337 g/mol. The summed E-state index contributed by atoms with van der Waals surface area (Å²) < 4.78 is 42.0. The maximum Gasteiger partial charge on any atom is 0.374 e. The number of ether oxygens (including phenoxy) is 2. The molecule has 2 heterocycles. The van der Waals surface area contributed by atoms with Crippen LogP contribution in [0.25, 0.3) is 0 Å². The third kappa shape index (κ3) is 3.47. The minimum absolute atomic E-state index is 0.174. The Morgan fingerprint density at radius 2 is 2.17 bits per heavy atom. The van der Waals surface area contributed by atoms with E-state index in [1.165, 1.54) is 19.4 Å². The third-order valence-electron chi connectivity index (χ3n) is 3.98. The predicted octanol–water partition coefficient (Wildman–Crippen LogP) is 2.92. The van der Waals surface area contributed by atoms with Gasteiger partial charge in [0.2, 0.25) is 5.76 Å². The zero-order valence-corrected chi connectivity index (χ0v) is 13.1. The van der Waals surface area contributed by atoms with Crippen LogP contribution in [0.1, 0.15) is 27.8 Å². The molecular weight excluding hydrogens is 320 g/mol. The normalized spacial score (nSPS) is 18.5. The van der Waals surface area contributed by atoms with Crippen LogP contribution < -0.4 is 0 Å². The topological polar surface area (TPSA) is 51.9 Å². The summed E-state index contributed by atoms with van der Waals surface area (Å²) in [5.41, 5.74) is 1.30. The Hall–Kier alpha value is -2.25. The molecule has 7 heteroatoms. The lowest BCUT2D eigenvalue weighted by molar-refractivity contribution is -0.0332. The Bertz CT molecular complexity index is 731. The van der Waals surface area contributed by atoms with Gasteiger partial charge in [0.25, 0.3) is 0 Å². The number of halogens is 2. The highest BCUT2D eigenvalue weighted by Gasteiger charge is 2.25. The van der Waals surface area contributed by atoms with Gasteiger partial charge in [0.15, 0.2) is 11.6 Å². The van der Waals surface area contributed by atoms with E-state index in [1.807, 2.05) is 0 Å². The molecule has 0 unspecified atom stereocenters. The van der Waals surface area contributed by atoms with Gasteiger partial charge >= 0.3 is 5.97 Å². The highest BCUT2D eigenvalue weighted by molar-refractivity contribution is 5.87. The van der Waals surface area contributed by atoms with Gasteiger partial charge in [0.05, 0.1) is 26.1 Å². The molecule has 0 N–H and O–H groups in total. The molecule has 2 aromatic rings. The van der Waals surface area contributed by atoms with Crippen molar-refractivity contribution in [3.63, 3.8) is 0 Å². The number of benzene rings is 1. The van der Waals surface area contributed by atoms with E-state index in [2.05, 4.69) is 9.64 Å². The molecule has 0 saturated carbocycles. The van der Waals surface area contributed by atoms with Crippen molar-refractivity contribution >= 4 is 5.97 Å². The number of hydrogen-bond acceptors (Lipinski definition) is 5. The fourth-order valence-corrected chi connectivity index (χ4v) is 2.73. The van der Waals surface area contributed by atoms with E-state index in [-0.39, 0.29) is 11.9 Å². The molecule has 5 nitrogen and oxygen atoms in total. The minimum Gasteiger partial charge on any atom is -0.463 e. The van der Waals surface area contributed by atoms with E-state index in [1.54, 1.807) is 6.07 Å². The molecule has 1 aromatic carbocycles. The first-order valence-electron chi connectivity index (χ1n) is 7.52. The summed E-state index contributed by atoms with van der Waals surface area (Å²) in [5.74, 6) is -2.13. The van der Waals surface area contributed by atoms with Crippen LogP contribution in [0, 0.1) is 11.6 Å². The zero-order valence-electron chi connectivity index (χ0n) is 13.1. The van der Waals surface area contributed by atoms with Gasteiger partial charge in [-0.15, -0.1) is 0 Å². The molecule has 1 aliphatic heterocycles. The van der Waals surface area contributed by atoms with Gasteiger partial charge in [-0.1, -0.05) is 6.07 Å². The molecule has 0 aliphatic carbocycles. The average molecular weight is 337 g/mol. The van der Waals surface area contributed by atoms with E-state index in [4.69, 9.17) is 9.15 Å². The van der Waals surface area contributed by atoms with Gasteiger partial charge in [-0.05, 0) is 23.8 Å². The van der Waals surface area contributed by atoms with Gasteiger partial charge in [0, 0.05) is 25.2 Å². The van der Waals surface area contributed by atoms with Crippen molar-refractivity contribution in [3.8, 4) is 0 Å². The van der Waals surface area contributed by atoms with Crippen LogP contribution in [0.2, 0.25) is 0 Å². The van der Waals surface area contributed by atoms with Crippen molar-refractivity contribution in [1.82, 2.24) is 4.90 Å². The molecule has 1 aromatic heterocycles.